The van der Waals surface area contributed by atoms with Crippen molar-refractivity contribution in [2.75, 3.05) is 13.2 Å². The quantitative estimate of drug-likeness (QED) is 0.380. The first-order chi connectivity index (χ1) is 7.41. The smallest absolute Gasteiger partial charge is 0.744 e. The van der Waals surface area contributed by atoms with Crippen molar-refractivity contribution in [1.29, 1.82) is 0 Å². The molecular formula is C11H15NaO4S. The van der Waals surface area contributed by atoms with E-state index in [0.29, 0.717) is 5.92 Å². The molecule has 1 aliphatic rings. The van der Waals surface area contributed by atoms with Crippen LogP contribution in [0.5, 0.6) is 0 Å². The fraction of sp³-hybridized carbons (Fsp3) is 0.455. The predicted molar refractivity (Wildman–Crippen MR) is 59.3 cm³/mol. The molecule has 0 bridgehead atoms. The van der Waals surface area contributed by atoms with E-state index < -0.39 is 10.1 Å². The van der Waals surface area contributed by atoms with Crippen molar-refractivity contribution < 1.29 is 47.3 Å². The Labute approximate surface area is 124 Å². The van der Waals surface area contributed by atoms with Crippen LogP contribution in [0.15, 0.2) is 29.2 Å². The Morgan fingerprint density at radius 3 is 1.82 bits per heavy atom. The number of ether oxygens (including phenoxy) is 1. The van der Waals surface area contributed by atoms with Crippen molar-refractivity contribution in [3.63, 3.8) is 0 Å². The van der Waals surface area contributed by atoms with E-state index in [9.17, 15) is 13.0 Å². The van der Waals surface area contributed by atoms with Crippen LogP contribution in [0.4, 0.5) is 0 Å². The third-order valence-corrected chi connectivity index (χ3v) is 2.89. The Kier molecular flexibility index (Phi) is 7.55. The third kappa shape index (κ3) is 7.18. The molecule has 1 fully saturated rings. The van der Waals surface area contributed by atoms with Crippen LogP contribution in [-0.4, -0.2) is 26.2 Å². The summed E-state index contributed by atoms with van der Waals surface area (Å²) in [6.07, 6.45) is 0. The summed E-state index contributed by atoms with van der Waals surface area (Å²) in [6.45, 7) is 6.00. The summed E-state index contributed by atoms with van der Waals surface area (Å²) < 4.78 is 36.2. The summed E-state index contributed by atoms with van der Waals surface area (Å²) in [5.41, 5.74) is 1.02. The summed E-state index contributed by atoms with van der Waals surface area (Å²) in [4.78, 5) is -0.170. The Balaban J connectivity index is 0.000000554. The van der Waals surface area contributed by atoms with Gasteiger partial charge in [-0.05, 0) is 23.6 Å². The zero-order valence-electron chi connectivity index (χ0n) is 10.3. The molecule has 17 heavy (non-hydrogen) atoms. The first-order valence-electron chi connectivity index (χ1n) is 5.05. The van der Waals surface area contributed by atoms with Gasteiger partial charge in [0.15, 0.2) is 0 Å². The molecule has 1 aromatic carbocycles. The van der Waals surface area contributed by atoms with Gasteiger partial charge in [0.1, 0.15) is 10.1 Å². The number of hydrogen-bond donors (Lipinski definition) is 0. The van der Waals surface area contributed by atoms with E-state index in [-0.39, 0.29) is 34.5 Å². The second kappa shape index (κ2) is 7.51. The molecule has 1 aromatic rings. The van der Waals surface area contributed by atoms with E-state index in [0.717, 1.165) is 18.8 Å². The molecule has 0 aromatic heterocycles. The van der Waals surface area contributed by atoms with Crippen LogP contribution in [-0.2, 0) is 14.9 Å². The molecular weight excluding hydrogens is 251 g/mol. The maximum absolute atomic E-state index is 10.6. The summed E-state index contributed by atoms with van der Waals surface area (Å²) in [7, 11) is -4.30. The van der Waals surface area contributed by atoms with Gasteiger partial charge in [0, 0.05) is 0 Å². The second-order valence-corrected chi connectivity index (χ2v) is 5.17. The van der Waals surface area contributed by atoms with Crippen molar-refractivity contribution in [1.82, 2.24) is 0 Å². The summed E-state index contributed by atoms with van der Waals surface area (Å²) in [6, 6.07) is 6.01. The largest absolute Gasteiger partial charge is 1.00 e. The van der Waals surface area contributed by atoms with Gasteiger partial charge in [-0.15, -0.1) is 0 Å². The molecule has 6 heteroatoms. The molecule has 4 nitrogen and oxygen atoms in total. The Bertz CT molecular complexity index is 421. The minimum absolute atomic E-state index is 0. The molecule has 0 radical (unpaired) electrons. The number of hydrogen-bond acceptors (Lipinski definition) is 4. The molecule has 0 spiro atoms. The molecule has 0 amide bonds. The minimum Gasteiger partial charge on any atom is -0.744 e. The first kappa shape index (κ1) is 17.1. The standard InChI is InChI=1S/C9H12O3S.C2H4O.Na/c1-7(2)8-3-5-9(6-4-8)13(10,11)12;1-2-3-1;/h3-7H,1-2H3,(H,10,11,12);1-2H2;/q;;+1/p-1. The van der Waals surface area contributed by atoms with E-state index >= 15 is 0 Å². The van der Waals surface area contributed by atoms with Crippen LogP contribution in [0, 0.1) is 0 Å². The van der Waals surface area contributed by atoms with E-state index in [1.807, 2.05) is 13.8 Å². The van der Waals surface area contributed by atoms with Crippen LogP contribution >= 0.6 is 0 Å². The maximum Gasteiger partial charge on any atom is 1.00 e. The normalized spacial score (nSPS) is 13.4. The summed E-state index contributed by atoms with van der Waals surface area (Å²) in [5.74, 6) is 0.336. The molecule has 1 heterocycles. The topological polar surface area (TPSA) is 69.7 Å². The molecule has 0 unspecified atom stereocenters. The Morgan fingerprint density at radius 1 is 1.18 bits per heavy atom. The van der Waals surface area contributed by atoms with E-state index in [2.05, 4.69) is 4.74 Å². The van der Waals surface area contributed by atoms with Crippen molar-refractivity contribution >= 4 is 10.1 Å². The maximum atomic E-state index is 10.6. The van der Waals surface area contributed by atoms with Gasteiger partial charge >= 0.3 is 29.6 Å². The zero-order valence-corrected chi connectivity index (χ0v) is 13.2. The Hall–Kier alpha value is 0.0900. The predicted octanol–water partition coefficient (Wildman–Crippen LogP) is -1.27. The molecule has 1 aliphatic heterocycles. The average molecular weight is 266 g/mol. The fourth-order valence-corrected chi connectivity index (χ4v) is 1.49. The number of epoxide rings is 1. The molecule has 0 atom stereocenters. The molecule has 0 aliphatic carbocycles. The molecule has 90 valence electrons. The van der Waals surface area contributed by atoms with E-state index in [1.165, 1.54) is 12.1 Å². The van der Waals surface area contributed by atoms with E-state index in [4.69, 9.17) is 0 Å². The minimum atomic E-state index is -4.30. The van der Waals surface area contributed by atoms with Crippen LogP contribution in [0.3, 0.4) is 0 Å². The van der Waals surface area contributed by atoms with Gasteiger partial charge in [-0.3, -0.25) is 0 Å². The first-order valence-corrected chi connectivity index (χ1v) is 6.45. The van der Waals surface area contributed by atoms with Gasteiger partial charge in [-0.1, -0.05) is 26.0 Å². The molecule has 0 saturated carbocycles. The number of benzene rings is 1. The van der Waals surface area contributed by atoms with Gasteiger partial charge in [0.25, 0.3) is 0 Å². The third-order valence-electron chi connectivity index (χ3n) is 2.04. The number of rotatable bonds is 2. The molecule has 2 rings (SSSR count). The average Bonchev–Trinajstić information content (AvgIpc) is 3.03. The van der Waals surface area contributed by atoms with Crippen LogP contribution in [0.2, 0.25) is 0 Å². The summed E-state index contributed by atoms with van der Waals surface area (Å²) in [5, 5.41) is 0. The van der Waals surface area contributed by atoms with Crippen LogP contribution in [0.1, 0.15) is 25.3 Å². The van der Waals surface area contributed by atoms with Crippen molar-refractivity contribution in [3.05, 3.63) is 29.8 Å². The van der Waals surface area contributed by atoms with Crippen LogP contribution < -0.4 is 29.6 Å². The van der Waals surface area contributed by atoms with Gasteiger partial charge in [0.2, 0.25) is 0 Å². The Morgan fingerprint density at radius 2 is 1.59 bits per heavy atom. The van der Waals surface area contributed by atoms with Crippen molar-refractivity contribution in [2.24, 2.45) is 0 Å². The van der Waals surface area contributed by atoms with Crippen molar-refractivity contribution in [2.45, 2.75) is 24.7 Å². The van der Waals surface area contributed by atoms with Gasteiger partial charge < -0.3 is 9.29 Å². The van der Waals surface area contributed by atoms with Crippen LogP contribution in [0.25, 0.3) is 0 Å². The van der Waals surface area contributed by atoms with Crippen molar-refractivity contribution in [3.8, 4) is 0 Å². The monoisotopic (exact) mass is 266 g/mol. The van der Waals surface area contributed by atoms with Gasteiger partial charge in [-0.25, -0.2) is 8.42 Å². The zero-order chi connectivity index (χ0) is 12.2. The molecule has 1 saturated heterocycles. The second-order valence-electron chi connectivity index (χ2n) is 3.79. The fourth-order valence-electron chi connectivity index (χ4n) is 1.02. The van der Waals surface area contributed by atoms with E-state index in [1.54, 1.807) is 12.1 Å². The summed E-state index contributed by atoms with van der Waals surface area (Å²) >= 11 is 0. The van der Waals surface area contributed by atoms with Gasteiger partial charge in [-0.2, -0.15) is 0 Å². The SMILES string of the molecule is C1CO1.CC(C)c1ccc(S(=O)(=O)[O-])cc1.[Na+]. The van der Waals surface area contributed by atoms with Gasteiger partial charge in [0.05, 0.1) is 18.1 Å². The molecule has 0 N–H and O–H groups in total.